The molecule has 1 rings (SSSR count). The molecule has 0 heterocycles. The van der Waals surface area contributed by atoms with Crippen LogP contribution in [-0.4, -0.2) is 35.6 Å². The molecule has 1 unspecified atom stereocenters. The first-order valence-electron chi connectivity index (χ1n) is 5.11. The average Bonchev–Trinajstić information content (AvgIpc) is 2.83. The van der Waals surface area contributed by atoms with Gasteiger partial charge < -0.3 is 5.11 Å². The van der Waals surface area contributed by atoms with Crippen molar-refractivity contribution in [3.05, 3.63) is 11.6 Å². The number of carbonyl (C=O) groups is 1. The van der Waals surface area contributed by atoms with Crippen molar-refractivity contribution in [1.29, 1.82) is 0 Å². The zero-order valence-corrected chi connectivity index (χ0v) is 9.16. The van der Waals surface area contributed by atoms with E-state index in [0.29, 0.717) is 6.04 Å². The Balaban J connectivity index is 2.38. The Hall–Kier alpha value is -0.830. The molecule has 0 bridgehead atoms. The number of hydrogen-bond donors (Lipinski definition) is 1. The van der Waals surface area contributed by atoms with Crippen LogP contribution in [0.5, 0.6) is 0 Å². The zero-order chi connectivity index (χ0) is 10.7. The summed E-state index contributed by atoms with van der Waals surface area (Å²) in [4.78, 5) is 12.6. The molecule has 3 heteroatoms. The molecule has 3 nitrogen and oxygen atoms in total. The van der Waals surface area contributed by atoms with Crippen LogP contribution in [-0.2, 0) is 4.79 Å². The first-order valence-corrected chi connectivity index (χ1v) is 5.11. The second-order valence-corrected chi connectivity index (χ2v) is 4.32. The van der Waals surface area contributed by atoms with Gasteiger partial charge in [0.25, 0.3) is 0 Å². The van der Waals surface area contributed by atoms with Crippen LogP contribution in [0, 0.1) is 5.92 Å². The summed E-state index contributed by atoms with van der Waals surface area (Å²) in [6.07, 6.45) is 3.94. The van der Waals surface area contributed by atoms with Crippen LogP contribution in [0.3, 0.4) is 0 Å². The maximum Gasteiger partial charge on any atom is 0.328 e. The molecule has 1 fully saturated rings. The van der Waals surface area contributed by atoms with E-state index in [0.717, 1.165) is 18.0 Å². The molecule has 0 saturated heterocycles. The predicted octanol–water partition coefficient (Wildman–Crippen LogP) is 1.75. The summed E-state index contributed by atoms with van der Waals surface area (Å²) < 4.78 is 0. The second kappa shape index (κ2) is 4.60. The summed E-state index contributed by atoms with van der Waals surface area (Å²) in [5.74, 6) is -0.0207. The maximum atomic E-state index is 10.4. The molecular formula is C11H19NO2. The highest BCUT2D eigenvalue weighted by Gasteiger charge is 2.30. The third-order valence-corrected chi connectivity index (χ3v) is 2.87. The van der Waals surface area contributed by atoms with Crippen molar-refractivity contribution >= 4 is 5.97 Å². The Bertz CT molecular complexity index is 244. The fourth-order valence-corrected chi connectivity index (χ4v) is 1.73. The Morgan fingerprint density at radius 1 is 1.64 bits per heavy atom. The van der Waals surface area contributed by atoms with E-state index in [9.17, 15) is 4.79 Å². The molecule has 1 aliphatic rings. The minimum absolute atomic E-state index is 0.576. The molecule has 1 atom stereocenters. The van der Waals surface area contributed by atoms with E-state index in [-0.39, 0.29) is 0 Å². The molecule has 80 valence electrons. The molecule has 0 aromatic heterocycles. The highest BCUT2D eigenvalue weighted by atomic mass is 16.4. The monoisotopic (exact) mass is 197 g/mol. The molecule has 1 saturated carbocycles. The van der Waals surface area contributed by atoms with E-state index < -0.39 is 5.97 Å². The van der Waals surface area contributed by atoms with Gasteiger partial charge in [0.15, 0.2) is 0 Å². The number of carboxylic acid groups (broad SMARTS) is 1. The molecule has 0 amide bonds. The van der Waals surface area contributed by atoms with E-state index in [2.05, 4.69) is 18.9 Å². The topological polar surface area (TPSA) is 40.5 Å². The number of aliphatic carboxylic acids is 1. The summed E-state index contributed by atoms with van der Waals surface area (Å²) in [5.41, 5.74) is 0.910. The van der Waals surface area contributed by atoms with Gasteiger partial charge in [0.05, 0.1) is 0 Å². The van der Waals surface area contributed by atoms with Crippen molar-refractivity contribution in [2.24, 2.45) is 5.92 Å². The molecule has 0 spiro atoms. The van der Waals surface area contributed by atoms with Crippen LogP contribution in [0.1, 0.15) is 26.7 Å². The summed E-state index contributed by atoms with van der Waals surface area (Å²) in [6.45, 7) is 4.83. The molecule has 0 radical (unpaired) electrons. The van der Waals surface area contributed by atoms with E-state index >= 15 is 0 Å². The van der Waals surface area contributed by atoms with E-state index in [1.54, 1.807) is 0 Å². The van der Waals surface area contributed by atoms with Crippen LogP contribution in [0.25, 0.3) is 0 Å². The van der Waals surface area contributed by atoms with Gasteiger partial charge in [0, 0.05) is 18.7 Å². The number of nitrogens with zero attached hydrogens (tertiary/aromatic N) is 1. The highest BCUT2D eigenvalue weighted by molar-refractivity contribution is 5.80. The molecule has 14 heavy (non-hydrogen) atoms. The van der Waals surface area contributed by atoms with Gasteiger partial charge in [-0.05, 0) is 39.7 Å². The van der Waals surface area contributed by atoms with Crippen LogP contribution < -0.4 is 0 Å². The molecule has 0 aromatic rings. The Morgan fingerprint density at radius 2 is 2.21 bits per heavy atom. The minimum atomic E-state index is -0.852. The van der Waals surface area contributed by atoms with Crippen LogP contribution >= 0.6 is 0 Å². The van der Waals surface area contributed by atoms with Gasteiger partial charge in [-0.3, -0.25) is 4.90 Å². The van der Waals surface area contributed by atoms with Crippen LogP contribution in [0.15, 0.2) is 11.6 Å². The lowest BCUT2D eigenvalue weighted by Gasteiger charge is -2.24. The highest BCUT2D eigenvalue weighted by Crippen LogP contribution is 2.34. The lowest BCUT2D eigenvalue weighted by atomic mass is 10.1. The standard InChI is InChI=1S/C11H19NO2/c1-8(6-11(13)14)7-12(3)9(2)10-4-5-10/h6,9-10H,4-5,7H2,1-3H3,(H,13,14). The quantitative estimate of drug-likeness (QED) is 0.682. The number of rotatable bonds is 5. The fraction of sp³-hybridized carbons (Fsp3) is 0.727. The van der Waals surface area contributed by atoms with Gasteiger partial charge in [-0.25, -0.2) is 4.79 Å². The summed E-state index contributed by atoms with van der Waals surface area (Å²) in [7, 11) is 2.06. The molecule has 1 N–H and O–H groups in total. The van der Waals surface area contributed by atoms with Crippen molar-refractivity contribution in [3.63, 3.8) is 0 Å². The van der Waals surface area contributed by atoms with Gasteiger partial charge in [0.1, 0.15) is 0 Å². The van der Waals surface area contributed by atoms with Gasteiger partial charge in [-0.15, -0.1) is 0 Å². The lowest BCUT2D eigenvalue weighted by Crippen LogP contribution is -2.32. The molecule has 0 aromatic carbocycles. The van der Waals surface area contributed by atoms with Crippen molar-refractivity contribution in [2.45, 2.75) is 32.7 Å². The Kier molecular flexibility index (Phi) is 3.69. The third-order valence-electron chi connectivity index (χ3n) is 2.87. The smallest absolute Gasteiger partial charge is 0.328 e. The Labute approximate surface area is 85.4 Å². The normalized spacial score (nSPS) is 19.9. The number of carboxylic acids is 1. The van der Waals surface area contributed by atoms with Crippen molar-refractivity contribution in [2.75, 3.05) is 13.6 Å². The number of likely N-dealkylation sites (N-methyl/N-ethyl adjacent to an activating group) is 1. The van der Waals surface area contributed by atoms with Gasteiger partial charge >= 0.3 is 5.97 Å². The maximum absolute atomic E-state index is 10.4. The predicted molar refractivity (Wildman–Crippen MR) is 56.2 cm³/mol. The van der Waals surface area contributed by atoms with Gasteiger partial charge in [-0.1, -0.05) is 5.57 Å². The van der Waals surface area contributed by atoms with E-state index in [1.807, 2.05) is 6.92 Å². The Morgan fingerprint density at radius 3 is 2.64 bits per heavy atom. The third kappa shape index (κ3) is 3.50. The van der Waals surface area contributed by atoms with Crippen LogP contribution in [0.4, 0.5) is 0 Å². The van der Waals surface area contributed by atoms with E-state index in [4.69, 9.17) is 5.11 Å². The van der Waals surface area contributed by atoms with Gasteiger partial charge in [0.2, 0.25) is 0 Å². The SMILES string of the molecule is CC(=CC(=O)O)CN(C)C(C)C1CC1. The summed E-state index contributed by atoms with van der Waals surface area (Å²) >= 11 is 0. The van der Waals surface area contributed by atoms with Crippen molar-refractivity contribution < 1.29 is 9.90 Å². The zero-order valence-electron chi connectivity index (χ0n) is 9.16. The first kappa shape index (κ1) is 11.2. The lowest BCUT2D eigenvalue weighted by molar-refractivity contribution is -0.131. The summed E-state index contributed by atoms with van der Waals surface area (Å²) in [6, 6.07) is 0.576. The molecule has 1 aliphatic carbocycles. The van der Waals surface area contributed by atoms with Crippen molar-refractivity contribution in [1.82, 2.24) is 4.90 Å². The number of hydrogen-bond acceptors (Lipinski definition) is 2. The minimum Gasteiger partial charge on any atom is -0.478 e. The summed E-state index contributed by atoms with van der Waals surface area (Å²) in [5, 5.41) is 8.56. The molecule has 0 aliphatic heterocycles. The second-order valence-electron chi connectivity index (χ2n) is 4.32. The van der Waals surface area contributed by atoms with Gasteiger partial charge in [-0.2, -0.15) is 0 Å². The fourth-order valence-electron chi connectivity index (χ4n) is 1.73. The molecular weight excluding hydrogens is 178 g/mol. The first-order chi connectivity index (χ1) is 6.50. The average molecular weight is 197 g/mol. The van der Waals surface area contributed by atoms with E-state index in [1.165, 1.54) is 18.9 Å². The van der Waals surface area contributed by atoms with Crippen molar-refractivity contribution in [3.8, 4) is 0 Å². The largest absolute Gasteiger partial charge is 0.478 e. The van der Waals surface area contributed by atoms with Crippen LogP contribution in [0.2, 0.25) is 0 Å².